The number of aromatic nitrogens is 2. The molecule has 0 aliphatic rings. The molecular weight excluding hydrogens is 234 g/mol. The molecule has 3 aromatic rings. The summed E-state index contributed by atoms with van der Waals surface area (Å²) in [5.41, 5.74) is 3.20. The van der Waals surface area contributed by atoms with Gasteiger partial charge in [-0.15, -0.1) is 0 Å². The maximum Gasteiger partial charge on any atom is 0.132 e. The normalized spacial score (nSPS) is 10.6. The van der Waals surface area contributed by atoms with E-state index in [1.54, 1.807) is 6.33 Å². The Balaban J connectivity index is 2.31. The molecule has 0 atom stereocenters. The second-order valence-corrected chi connectivity index (χ2v) is 4.47. The Morgan fingerprint density at radius 2 is 1.74 bits per heavy atom. The van der Waals surface area contributed by atoms with E-state index in [1.165, 1.54) is 10.8 Å². The number of hydrogen-bond donors (Lipinski definition) is 1. The van der Waals surface area contributed by atoms with Crippen LogP contribution in [0.25, 0.3) is 22.0 Å². The summed E-state index contributed by atoms with van der Waals surface area (Å²) in [5.74, 6) is 0.873. The third-order valence-corrected chi connectivity index (χ3v) is 3.37. The number of benzene rings is 2. The molecule has 0 unspecified atom stereocenters. The summed E-state index contributed by atoms with van der Waals surface area (Å²) < 4.78 is 0. The van der Waals surface area contributed by atoms with Crippen molar-refractivity contribution in [1.82, 2.24) is 9.97 Å². The first-order valence-electron chi connectivity index (χ1n) is 6.28. The smallest absolute Gasteiger partial charge is 0.132 e. The molecule has 0 saturated carbocycles. The highest BCUT2D eigenvalue weighted by Gasteiger charge is 2.10. The van der Waals surface area contributed by atoms with Gasteiger partial charge in [0.25, 0.3) is 0 Å². The van der Waals surface area contributed by atoms with E-state index in [9.17, 15) is 0 Å². The van der Waals surface area contributed by atoms with Crippen LogP contribution in [0.15, 0.2) is 48.8 Å². The molecule has 0 spiro atoms. The summed E-state index contributed by atoms with van der Waals surface area (Å²) in [4.78, 5) is 8.70. The molecule has 3 nitrogen and oxygen atoms in total. The van der Waals surface area contributed by atoms with Crippen molar-refractivity contribution in [3.63, 3.8) is 0 Å². The third-order valence-electron chi connectivity index (χ3n) is 3.37. The Hall–Kier alpha value is -2.42. The van der Waals surface area contributed by atoms with Crippen LogP contribution in [-0.2, 0) is 0 Å². The van der Waals surface area contributed by atoms with Crippen LogP contribution in [0, 0.1) is 6.92 Å². The third kappa shape index (κ3) is 1.93. The topological polar surface area (TPSA) is 37.8 Å². The van der Waals surface area contributed by atoms with Gasteiger partial charge in [0.05, 0.1) is 5.69 Å². The summed E-state index contributed by atoms with van der Waals surface area (Å²) in [7, 11) is 1.88. The second kappa shape index (κ2) is 4.69. The first-order chi connectivity index (χ1) is 9.31. The van der Waals surface area contributed by atoms with E-state index in [1.807, 2.05) is 14.0 Å². The van der Waals surface area contributed by atoms with Crippen molar-refractivity contribution in [3.05, 3.63) is 54.4 Å². The summed E-state index contributed by atoms with van der Waals surface area (Å²) in [6, 6.07) is 14.7. The van der Waals surface area contributed by atoms with Gasteiger partial charge in [0, 0.05) is 18.2 Å². The lowest BCUT2D eigenvalue weighted by Gasteiger charge is -2.11. The van der Waals surface area contributed by atoms with Gasteiger partial charge in [0.15, 0.2) is 0 Å². The predicted octanol–water partition coefficient (Wildman–Crippen LogP) is 3.65. The Labute approximate surface area is 112 Å². The first kappa shape index (κ1) is 11.7. The molecular formula is C16H15N3. The standard InChI is InChI=1S/C16H15N3/c1-11-15(18-10-19-16(11)17-2)14-9-5-7-12-6-3-4-8-13(12)14/h3-10H,1-2H3,(H,17,18,19). The molecule has 0 aliphatic carbocycles. The van der Waals surface area contributed by atoms with Gasteiger partial charge in [0.1, 0.15) is 12.1 Å². The fourth-order valence-corrected chi connectivity index (χ4v) is 2.41. The van der Waals surface area contributed by atoms with Gasteiger partial charge in [-0.05, 0) is 17.7 Å². The lowest BCUT2D eigenvalue weighted by atomic mass is 9.99. The van der Waals surface area contributed by atoms with Gasteiger partial charge in [-0.1, -0.05) is 42.5 Å². The van der Waals surface area contributed by atoms with Gasteiger partial charge >= 0.3 is 0 Å². The fraction of sp³-hybridized carbons (Fsp3) is 0.125. The monoisotopic (exact) mass is 249 g/mol. The quantitative estimate of drug-likeness (QED) is 0.753. The molecule has 0 radical (unpaired) electrons. The largest absolute Gasteiger partial charge is 0.373 e. The van der Waals surface area contributed by atoms with Gasteiger partial charge in [-0.3, -0.25) is 0 Å². The van der Waals surface area contributed by atoms with Crippen LogP contribution in [0.3, 0.4) is 0 Å². The van der Waals surface area contributed by atoms with Crippen LogP contribution < -0.4 is 5.32 Å². The van der Waals surface area contributed by atoms with Crippen molar-refractivity contribution in [1.29, 1.82) is 0 Å². The Morgan fingerprint density at radius 1 is 0.947 bits per heavy atom. The van der Waals surface area contributed by atoms with Gasteiger partial charge in [-0.25, -0.2) is 9.97 Å². The number of anilines is 1. The van der Waals surface area contributed by atoms with Crippen molar-refractivity contribution in [2.24, 2.45) is 0 Å². The minimum Gasteiger partial charge on any atom is -0.373 e. The molecule has 1 N–H and O–H groups in total. The maximum absolute atomic E-state index is 4.46. The summed E-state index contributed by atoms with van der Waals surface area (Å²) >= 11 is 0. The molecule has 94 valence electrons. The highest BCUT2D eigenvalue weighted by Crippen LogP contribution is 2.30. The van der Waals surface area contributed by atoms with Crippen molar-refractivity contribution >= 4 is 16.6 Å². The van der Waals surface area contributed by atoms with E-state index < -0.39 is 0 Å². The zero-order valence-corrected chi connectivity index (χ0v) is 11.0. The first-order valence-corrected chi connectivity index (χ1v) is 6.28. The molecule has 3 rings (SSSR count). The molecule has 3 heteroatoms. The predicted molar refractivity (Wildman–Crippen MR) is 79.3 cm³/mol. The average molecular weight is 249 g/mol. The SMILES string of the molecule is CNc1ncnc(-c2cccc3ccccc23)c1C. The number of nitrogens with one attached hydrogen (secondary N) is 1. The lowest BCUT2D eigenvalue weighted by Crippen LogP contribution is -1.99. The van der Waals surface area contributed by atoms with Crippen molar-refractivity contribution in [3.8, 4) is 11.3 Å². The van der Waals surface area contributed by atoms with Gasteiger partial charge in [-0.2, -0.15) is 0 Å². The zero-order chi connectivity index (χ0) is 13.2. The molecule has 2 aromatic carbocycles. The zero-order valence-electron chi connectivity index (χ0n) is 11.0. The Bertz CT molecular complexity index is 730. The van der Waals surface area contributed by atoms with E-state index in [4.69, 9.17) is 0 Å². The van der Waals surface area contributed by atoms with Crippen LogP contribution in [-0.4, -0.2) is 17.0 Å². The minimum absolute atomic E-state index is 0.873. The van der Waals surface area contributed by atoms with Crippen molar-refractivity contribution in [2.75, 3.05) is 12.4 Å². The molecule has 0 amide bonds. The van der Waals surface area contributed by atoms with Crippen molar-refractivity contribution < 1.29 is 0 Å². The van der Waals surface area contributed by atoms with Crippen LogP contribution in [0.4, 0.5) is 5.82 Å². The summed E-state index contributed by atoms with van der Waals surface area (Å²) in [6.45, 7) is 2.04. The van der Waals surface area contributed by atoms with E-state index in [0.29, 0.717) is 0 Å². The van der Waals surface area contributed by atoms with Crippen molar-refractivity contribution in [2.45, 2.75) is 6.92 Å². The van der Waals surface area contributed by atoms with E-state index >= 15 is 0 Å². The lowest BCUT2D eigenvalue weighted by molar-refractivity contribution is 1.13. The highest BCUT2D eigenvalue weighted by atomic mass is 15.0. The molecule has 0 aliphatic heterocycles. The second-order valence-electron chi connectivity index (χ2n) is 4.47. The molecule has 0 saturated heterocycles. The summed E-state index contributed by atoms with van der Waals surface area (Å²) in [5, 5.41) is 5.54. The highest BCUT2D eigenvalue weighted by molar-refractivity contribution is 5.96. The molecule has 19 heavy (non-hydrogen) atoms. The van der Waals surface area contributed by atoms with E-state index in [-0.39, 0.29) is 0 Å². The number of hydrogen-bond acceptors (Lipinski definition) is 3. The molecule has 1 aromatic heterocycles. The number of rotatable bonds is 2. The van der Waals surface area contributed by atoms with Crippen LogP contribution in [0.2, 0.25) is 0 Å². The molecule has 0 bridgehead atoms. The Kier molecular flexibility index (Phi) is 2.88. The number of nitrogens with zero attached hydrogens (tertiary/aromatic N) is 2. The molecule has 1 heterocycles. The maximum atomic E-state index is 4.46. The minimum atomic E-state index is 0.873. The number of fused-ring (bicyclic) bond motifs is 1. The summed E-state index contributed by atoms with van der Waals surface area (Å²) in [6.07, 6.45) is 1.61. The van der Waals surface area contributed by atoms with Crippen LogP contribution in [0.1, 0.15) is 5.56 Å². The van der Waals surface area contributed by atoms with Crippen LogP contribution >= 0.6 is 0 Å². The Morgan fingerprint density at radius 3 is 2.58 bits per heavy atom. The molecule has 0 fully saturated rings. The fourth-order valence-electron chi connectivity index (χ4n) is 2.41. The van der Waals surface area contributed by atoms with E-state index in [2.05, 4.69) is 57.7 Å². The average Bonchev–Trinajstić information content (AvgIpc) is 2.47. The van der Waals surface area contributed by atoms with Crippen LogP contribution in [0.5, 0.6) is 0 Å². The van der Waals surface area contributed by atoms with E-state index in [0.717, 1.165) is 22.6 Å². The van der Waals surface area contributed by atoms with Gasteiger partial charge < -0.3 is 5.32 Å². The van der Waals surface area contributed by atoms with Gasteiger partial charge in [0.2, 0.25) is 0 Å².